The fourth-order valence-electron chi connectivity index (χ4n) is 2.53. The van der Waals surface area contributed by atoms with E-state index >= 15 is 0 Å². The number of rotatable bonds is 7. The smallest absolute Gasteiger partial charge is 0.171 e. The topological polar surface area (TPSA) is 0 Å². The summed E-state index contributed by atoms with van der Waals surface area (Å²) in [5.74, 6) is -1.63. The van der Waals surface area contributed by atoms with E-state index in [1.165, 1.54) is 0 Å². The quantitative estimate of drug-likeness (QED) is 0.555. The summed E-state index contributed by atoms with van der Waals surface area (Å²) in [6.07, 6.45) is 0.0946. The van der Waals surface area contributed by atoms with Gasteiger partial charge >= 0.3 is 6.18 Å². The molecule has 0 bridgehead atoms. The van der Waals surface area contributed by atoms with Crippen LogP contribution in [-0.2, 0) is 0 Å². The molecule has 0 heterocycles. The molecule has 0 saturated heterocycles. The number of alkyl halides is 3. The first-order chi connectivity index (χ1) is 7.34. The van der Waals surface area contributed by atoms with Gasteiger partial charge in [0.05, 0.1) is 5.92 Å². The van der Waals surface area contributed by atoms with Crippen LogP contribution in [0.25, 0.3) is 0 Å². The first kappa shape index (κ1) is 15.8. The number of halogens is 3. The van der Waals surface area contributed by atoms with Crippen LogP contribution < -0.4 is 0 Å². The van der Waals surface area contributed by atoms with Gasteiger partial charge < -0.3 is 0 Å². The largest absolute Gasteiger partial charge is 0.392 e. The molecule has 0 spiro atoms. The predicted octanol–water partition coefficient (Wildman–Crippen LogP) is 5.43. The number of hydrogen-bond acceptors (Lipinski definition) is 0. The molecule has 0 N–H and O–H groups in total. The summed E-state index contributed by atoms with van der Waals surface area (Å²) in [7, 11) is 0. The summed E-state index contributed by atoms with van der Waals surface area (Å²) < 4.78 is 38.9. The van der Waals surface area contributed by atoms with E-state index in [9.17, 15) is 13.2 Å². The highest BCUT2D eigenvalue weighted by Crippen LogP contribution is 2.41. The van der Waals surface area contributed by atoms with Crippen LogP contribution in [0.5, 0.6) is 0 Å². The third-order valence-corrected chi connectivity index (χ3v) is 3.19. The second-order valence-corrected chi connectivity index (χ2v) is 5.00. The van der Waals surface area contributed by atoms with E-state index in [-0.39, 0.29) is 11.8 Å². The Labute approximate surface area is 97.6 Å². The molecule has 0 aromatic carbocycles. The SMILES string of the molecule is CCCCC(CCC)[C@H](C(C)C)C(F)(F)F. The van der Waals surface area contributed by atoms with E-state index in [0.717, 1.165) is 19.3 Å². The normalized spacial score (nSPS) is 16.5. The highest BCUT2D eigenvalue weighted by atomic mass is 19.4. The van der Waals surface area contributed by atoms with Crippen molar-refractivity contribution in [3.63, 3.8) is 0 Å². The van der Waals surface area contributed by atoms with Gasteiger partial charge in [0.2, 0.25) is 0 Å². The van der Waals surface area contributed by atoms with Crippen molar-refractivity contribution in [1.29, 1.82) is 0 Å². The predicted molar refractivity (Wildman–Crippen MR) is 62.3 cm³/mol. The Kier molecular flexibility index (Phi) is 7.09. The molecule has 0 amide bonds. The fourth-order valence-corrected chi connectivity index (χ4v) is 2.53. The summed E-state index contributed by atoms with van der Waals surface area (Å²) in [5, 5.41) is 0. The van der Waals surface area contributed by atoms with Crippen molar-refractivity contribution < 1.29 is 13.2 Å². The number of hydrogen-bond donors (Lipinski definition) is 0. The monoisotopic (exact) mass is 238 g/mol. The van der Waals surface area contributed by atoms with Crippen molar-refractivity contribution in [2.45, 2.75) is 66.0 Å². The van der Waals surface area contributed by atoms with E-state index in [1.54, 1.807) is 13.8 Å². The molecule has 0 aliphatic carbocycles. The lowest BCUT2D eigenvalue weighted by Gasteiger charge is -2.32. The third kappa shape index (κ3) is 5.22. The maximum absolute atomic E-state index is 13.0. The summed E-state index contributed by atoms with van der Waals surface area (Å²) in [6, 6.07) is 0. The van der Waals surface area contributed by atoms with Crippen LogP contribution in [-0.4, -0.2) is 6.18 Å². The van der Waals surface area contributed by atoms with E-state index in [0.29, 0.717) is 12.8 Å². The van der Waals surface area contributed by atoms with Gasteiger partial charge in [0.1, 0.15) is 0 Å². The summed E-state index contributed by atoms with van der Waals surface area (Å²) in [5.41, 5.74) is 0. The molecule has 0 saturated carbocycles. The summed E-state index contributed by atoms with van der Waals surface area (Å²) in [4.78, 5) is 0. The second-order valence-electron chi connectivity index (χ2n) is 5.00. The molecule has 0 radical (unpaired) electrons. The minimum atomic E-state index is -4.04. The Morgan fingerprint density at radius 1 is 0.938 bits per heavy atom. The molecule has 16 heavy (non-hydrogen) atoms. The first-order valence-corrected chi connectivity index (χ1v) is 6.41. The van der Waals surface area contributed by atoms with Gasteiger partial charge in [0.25, 0.3) is 0 Å². The van der Waals surface area contributed by atoms with Gasteiger partial charge in [0, 0.05) is 0 Å². The minimum Gasteiger partial charge on any atom is -0.171 e. The average molecular weight is 238 g/mol. The molecule has 1 unspecified atom stereocenters. The van der Waals surface area contributed by atoms with Crippen LogP contribution in [0, 0.1) is 17.8 Å². The Morgan fingerprint density at radius 2 is 1.50 bits per heavy atom. The second kappa shape index (κ2) is 7.18. The van der Waals surface area contributed by atoms with E-state index < -0.39 is 12.1 Å². The van der Waals surface area contributed by atoms with Gasteiger partial charge in [-0.15, -0.1) is 0 Å². The molecule has 0 fully saturated rings. The highest BCUT2D eigenvalue weighted by molar-refractivity contribution is 4.79. The molecule has 0 aliphatic rings. The Hall–Kier alpha value is -0.210. The highest BCUT2D eigenvalue weighted by Gasteiger charge is 2.45. The lowest BCUT2D eigenvalue weighted by molar-refractivity contribution is -0.202. The molecular weight excluding hydrogens is 213 g/mol. The van der Waals surface area contributed by atoms with Gasteiger partial charge in [-0.2, -0.15) is 13.2 Å². The average Bonchev–Trinajstić information content (AvgIpc) is 2.11. The molecule has 2 atom stereocenters. The van der Waals surface area contributed by atoms with E-state index in [1.807, 2.05) is 13.8 Å². The van der Waals surface area contributed by atoms with E-state index in [4.69, 9.17) is 0 Å². The zero-order valence-electron chi connectivity index (χ0n) is 10.9. The summed E-state index contributed by atoms with van der Waals surface area (Å²) >= 11 is 0. The van der Waals surface area contributed by atoms with Gasteiger partial charge in [-0.3, -0.25) is 0 Å². The Morgan fingerprint density at radius 3 is 1.81 bits per heavy atom. The zero-order chi connectivity index (χ0) is 12.8. The van der Waals surface area contributed by atoms with Crippen LogP contribution in [0.1, 0.15) is 59.8 Å². The van der Waals surface area contributed by atoms with Gasteiger partial charge in [0.15, 0.2) is 0 Å². The Bertz CT molecular complexity index is 173. The standard InChI is InChI=1S/C13H25F3/c1-5-7-9-11(8-6-2)12(10(3)4)13(14,15)16/h10-12H,5-9H2,1-4H3/t11?,12-/m0/s1. The van der Waals surface area contributed by atoms with Gasteiger partial charge in [-0.05, 0) is 18.3 Å². The van der Waals surface area contributed by atoms with Crippen LogP contribution >= 0.6 is 0 Å². The molecule has 0 rings (SSSR count). The van der Waals surface area contributed by atoms with E-state index in [2.05, 4.69) is 0 Å². The molecule has 3 heteroatoms. The molecule has 0 aromatic heterocycles. The first-order valence-electron chi connectivity index (χ1n) is 6.41. The lowest BCUT2D eigenvalue weighted by atomic mass is 9.78. The Balaban J connectivity index is 4.66. The fraction of sp³-hybridized carbons (Fsp3) is 1.00. The molecule has 0 nitrogen and oxygen atoms in total. The maximum Gasteiger partial charge on any atom is 0.392 e. The van der Waals surface area contributed by atoms with Crippen LogP contribution in [0.2, 0.25) is 0 Å². The molecule has 0 aliphatic heterocycles. The van der Waals surface area contributed by atoms with Crippen LogP contribution in [0.15, 0.2) is 0 Å². The molecular formula is C13H25F3. The van der Waals surface area contributed by atoms with Crippen LogP contribution in [0.4, 0.5) is 13.2 Å². The van der Waals surface area contributed by atoms with Crippen molar-refractivity contribution in [2.24, 2.45) is 17.8 Å². The third-order valence-electron chi connectivity index (χ3n) is 3.19. The molecule has 98 valence electrons. The minimum absolute atomic E-state index is 0.190. The van der Waals surface area contributed by atoms with Gasteiger partial charge in [-0.25, -0.2) is 0 Å². The van der Waals surface area contributed by atoms with Gasteiger partial charge in [-0.1, -0.05) is 53.4 Å². The maximum atomic E-state index is 13.0. The van der Waals surface area contributed by atoms with Crippen LogP contribution in [0.3, 0.4) is 0 Å². The number of unbranched alkanes of at least 4 members (excludes halogenated alkanes) is 1. The van der Waals surface area contributed by atoms with Crippen molar-refractivity contribution in [1.82, 2.24) is 0 Å². The van der Waals surface area contributed by atoms with Crippen molar-refractivity contribution in [2.75, 3.05) is 0 Å². The van der Waals surface area contributed by atoms with Crippen molar-refractivity contribution in [3.05, 3.63) is 0 Å². The lowest BCUT2D eigenvalue weighted by Crippen LogP contribution is -2.34. The summed E-state index contributed by atoms with van der Waals surface area (Å²) in [6.45, 7) is 7.37. The zero-order valence-corrected chi connectivity index (χ0v) is 10.9. The van der Waals surface area contributed by atoms with Crippen molar-refractivity contribution in [3.8, 4) is 0 Å². The molecule has 0 aromatic rings. The van der Waals surface area contributed by atoms with Crippen molar-refractivity contribution >= 4 is 0 Å².